The van der Waals surface area contributed by atoms with E-state index in [0.717, 1.165) is 32.1 Å². The van der Waals surface area contributed by atoms with Crippen molar-refractivity contribution in [2.24, 2.45) is 5.92 Å². The summed E-state index contributed by atoms with van der Waals surface area (Å²) < 4.78 is 40.4. The molecule has 1 aromatic rings. The fourth-order valence-corrected chi connectivity index (χ4v) is 5.00. The molecule has 146 valence electrons. The molecule has 1 amide bonds. The van der Waals surface area contributed by atoms with Crippen molar-refractivity contribution in [2.45, 2.75) is 24.2 Å². The van der Waals surface area contributed by atoms with Crippen LogP contribution in [0.25, 0.3) is 0 Å². The van der Waals surface area contributed by atoms with Gasteiger partial charge in [-0.15, -0.1) is 12.4 Å². The quantitative estimate of drug-likeness (QED) is 0.826. The lowest BCUT2D eigenvalue weighted by molar-refractivity contribution is -0.136. The third-order valence-corrected chi connectivity index (χ3v) is 6.84. The van der Waals surface area contributed by atoms with Crippen molar-refractivity contribution in [2.75, 3.05) is 39.3 Å². The Morgan fingerprint density at radius 3 is 2.46 bits per heavy atom. The summed E-state index contributed by atoms with van der Waals surface area (Å²) >= 11 is 0. The molecule has 2 heterocycles. The van der Waals surface area contributed by atoms with Gasteiger partial charge in [-0.25, -0.2) is 12.8 Å². The van der Waals surface area contributed by atoms with Crippen LogP contribution in [0, 0.1) is 11.7 Å². The second-order valence-electron chi connectivity index (χ2n) is 6.54. The Morgan fingerprint density at radius 1 is 1.08 bits per heavy atom. The van der Waals surface area contributed by atoms with Crippen LogP contribution >= 0.6 is 12.4 Å². The Bertz CT molecular complexity index is 716. The number of amides is 1. The fourth-order valence-electron chi connectivity index (χ4n) is 3.46. The lowest BCUT2D eigenvalue weighted by Gasteiger charge is -2.33. The van der Waals surface area contributed by atoms with Crippen molar-refractivity contribution in [1.82, 2.24) is 14.5 Å². The molecule has 26 heavy (non-hydrogen) atoms. The average Bonchev–Trinajstić information content (AvgIpc) is 2.91. The van der Waals surface area contributed by atoms with Gasteiger partial charge in [0.15, 0.2) is 0 Å². The molecule has 0 saturated carbocycles. The Labute approximate surface area is 160 Å². The van der Waals surface area contributed by atoms with Crippen LogP contribution in [0.15, 0.2) is 29.2 Å². The van der Waals surface area contributed by atoms with E-state index in [0.29, 0.717) is 19.4 Å². The molecule has 0 aliphatic carbocycles. The van der Waals surface area contributed by atoms with Crippen LogP contribution in [0.3, 0.4) is 0 Å². The summed E-state index contributed by atoms with van der Waals surface area (Å²) in [6, 6.07) is 5.41. The van der Waals surface area contributed by atoms with Gasteiger partial charge in [0.25, 0.3) is 0 Å². The van der Waals surface area contributed by atoms with Gasteiger partial charge in [-0.1, -0.05) is 12.1 Å². The van der Waals surface area contributed by atoms with Crippen molar-refractivity contribution in [3.63, 3.8) is 0 Å². The molecule has 3 rings (SSSR count). The van der Waals surface area contributed by atoms with Crippen LogP contribution in [0.1, 0.15) is 19.3 Å². The minimum Gasteiger partial charge on any atom is -0.341 e. The van der Waals surface area contributed by atoms with Gasteiger partial charge in [-0.05, 0) is 37.9 Å². The van der Waals surface area contributed by atoms with Gasteiger partial charge < -0.3 is 10.2 Å². The number of carbonyl (C=O) groups is 1. The number of sulfonamides is 1. The highest BCUT2D eigenvalue weighted by molar-refractivity contribution is 7.89. The largest absolute Gasteiger partial charge is 0.341 e. The highest BCUT2D eigenvalue weighted by Gasteiger charge is 2.34. The van der Waals surface area contributed by atoms with Gasteiger partial charge in [0.1, 0.15) is 10.7 Å². The Hall–Kier alpha value is -1.22. The second kappa shape index (κ2) is 9.12. The normalized spacial score (nSPS) is 20.3. The zero-order valence-corrected chi connectivity index (χ0v) is 16.2. The SMILES string of the molecule is Cl.O=C(C1CCN(S(=O)(=O)c2ccccc2F)CC1)N1CCCNCC1. The van der Waals surface area contributed by atoms with Crippen LogP contribution in [-0.4, -0.2) is 62.8 Å². The van der Waals surface area contributed by atoms with E-state index >= 15 is 0 Å². The van der Waals surface area contributed by atoms with Gasteiger partial charge in [-0.2, -0.15) is 4.31 Å². The van der Waals surface area contributed by atoms with E-state index in [4.69, 9.17) is 0 Å². The monoisotopic (exact) mass is 405 g/mol. The van der Waals surface area contributed by atoms with Crippen molar-refractivity contribution < 1.29 is 17.6 Å². The zero-order chi connectivity index (χ0) is 17.9. The average molecular weight is 406 g/mol. The maximum Gasteiger partial charge on any atom is 0.245 e. The summed E-state index contributed by atoms with van der Waals surface area (Å²) in [5, 5.41) is 3.27. The third kappa shape index (κ3) is 4.54. The third-order valence-electron chi connectivity index (χ3n) is 4.91. The van der Waals surface area contributed by atoms with Crippen LogP contribution in [0.5, 0.6) is 0 Å². The van der Waals surface area contributed by atoms with E-state index in [-0.39, 0.29) is 42.2 Å². The predicted octanol–water partition coefficient (Wildman–Crippen LogP) is 1.47. The lowest BCUT2D eigenvalue weighted by atomic mass is 9.96. The summed E-state index contributed by atoms with van der Waals surface area (Å²) in [5.41, 5.74) is 0. The molecular weight excluding hydrogens is 381 g/mol. The molecule has 2 fully saturated rings. The highest BCUT2D eigenvalue weighted by Crippen LogP contribution is 2.26. The predicted molar refractivity (Wildman–Crippen MR) is 99.2 cm³/mol. The number of rotatable bonds is 3. The summed E-state index contributed by atoms with van der Waals surface area (Å²) in [6.45, 7) is 3.67. The molecule has 0 atom stereocenters. The molecular formula is C17H25ClFN3O3S. The smallest absolute Gasteiger partial charge is 0.245 e. The molecule has 0 bridgehead atoms. The summed E-state index contributed by atoms with van der Waals surface area (Å²) in [4.78, 5) is 14.2. The minimum atomic E-state index is -3.85. The van der Waals surface area contributed by atoms with Crippen molar-refractivity contribution in [1.29, 1.82) is 0 Å². The Kier molecular flexibility index (Phi) is 7.40. The molecule has 9 heteroatoms. The van der Waals surface area contributed by atoms with Gasteiger partial charge in [-0.3, -0.25) is 4.79 Å². The standard InChI is InChI=1S/C17H24FN3O3S.ClH/c18-15-4-1-2-5-16(15)25(23,24)21-11-6-14(7-12-21)17(22)20-10-3-8-19-9-13-20;/h1-2,4-5,14,19H,3,6-13H2;1H. The van der Waals surface area contributed by atoms with Gasteiger partial charge in [0, 0.05) is 38.6 Å². The van der Waals surface area contributed by atoms with Crippen molar-refractivity contribution >= 4 is 28.3 Å². The van der Waals surface area contributed by atoms with Crippen molar-refractivity contribution in [3.8, 4) is 0 Å². The first-order valence-corrected chi connectivity index (χ1v) is 10.2. The minimum absolute atomic E-state index is 0. The van der Waals surface area contributed by atoms with Crippen LogP contribution in [0.2, 0.25) is 0 Å². The van der Waals surface area contributed by atoms with E-state index in [1.807, 2.05) is 4.90 Å². The second-order valence-corrected chi connectivity index (χ2v) is 8.44. The number of piperidine rings is 1. The van der Waals surface area contributed by atoms with Gasteiger partial charge >= 0.3 is 0 Å². The maximum absolute atomic E-state index is 13.9. The first-order valence-electron chi connectivity index (χ1n) is 8.74. The lowest BCUT2D eigenvalue weighted by Crippen LogP contribution is -2.45. The molecule has 6 nitrogen and oxygen atoms in total. The maximum atomic E-state index is 13.9. The molecule has 0 unspecified atom stereocenters. The Morgan fingerprint density at radius 2 is 1.77 bits per heavy atom. The molecule has 0 radical (unpaired) electrons. The van der Waals surface area contributed by atoms with Crippen LogP contribution in [-0.2, 0) is 14.8 Å². The summed E-state index contributed by atoms with van der Waals surface area (Å²) in [7, 11) is -3.85. The highest BCUT2D eigenvalue weighted by atomic mass is 35.5. The first-order chi connectivity index (χ1) is 12.0. The Balaban J connectivity index is 0.00000243. The van der Waals surface area contributed by atoms with E-state index < -0.39 is 15.8 Å². The summed E-state index contributed by atoms with van der Waals surface area (Å²) in [5.74, 6) is -0.769. The first kappa shape index (κ1) is 21.1. The van der Waals surface area contributed by atoms with Crippen LogP contribution < -0.4 is 5.32 Å². The zero-order valence-electron chi connectivity index (χ0n) is 14.6. The topological polar surface area (TPSA) is 69.7 Å². The van der Waals surface area contributed by atoms with Crippen molar-refractivity contribution in [3.05, 3.63) is 30.1 Å². The van der Waals surface area contributed by atoms with E-state index in [1.165, 1.54) is 22.5 Å². The molecule has 2 saturated heterocycles. The van der Waals surface area contributed by atoms with Gasteiger partial charge in [0.2, 0.25) is 15.9 Å². The van der Waals surface area contributed by atoms with Gasteiger partial charge in [0.05, 0.1) is 0 Å². The van der Waals surface area contributed by atoms with Crippen LogP contribution in [0.4, 0.5) is 4.39 Å². The molecule has 0 spiro atoms. The van der Waals surface area contributed by atoms with E-state index in [2.05, 4.69) is 5.32 Å². The number of halogens is 2. The number of carbonyl (C=O) groups excluding carboxylic acids is 1. The van der Waals surface area contributed by atoms with E-state index in [9.17, 15) is 17.6 Å². The fraction of sp³-hybridized carbons (Fsp3) is 0.588. The number of hydrogen-bond donors (Lipinski definition) is 1. The molecule has 1 aromatic carbocycles. The molecule has 0 aromatic heterocycles. The number of nitrogens with one attached hydrogen (secondary N) is 1. The summed E-state index contributed by atoms with van der Waals surface area (Å²) in [6.07, 6.45) is 1.90. The molecule has 1 N–H and O–H groups in total. The number of hydrogen-bond acceptors (Lipinski definition) is 4. The number of benzene rings is 1. The number of nitrogens with zero attached hydrogens (tertiary/aromatic N) is 2. The molecule has 2 aliphatic heterocycles. The molecule has 2 aliphatic rings. The van der Waals surface area contributed by atoms with E-state index in [1.54, 1.807) is 0 Å².